The molecule has 5 rings (SSSR count). The average molecular weight is 575 g/mol. The van der Waals surface area contributed by atoms with Crippen LogP contribution >= 0.6 is 11.8 Å². The van der Waals surface area contributed by atoms with Crippen LogP contribution in [0, 0.1) is 17.1 Å². The number of amides is 2. The highest BCUT2D eigenvalue weighted by Crippen LogP contribution is 2.35. The van der Waals surface area contributed by atoms with Crippen LogP contribution in [-0.2, 0) is 22.7 Å². The van der Waals surface area contributed by atoms with Crippen LogP contribution in [0.1, 0.15) is 39.9 Å². The Labute approximate surface area is 240 Å². The predicted molar refractivity (Wildman–Crippen MR) is 150 cm³/mol. The molecule has 0 spiro atoms. The summed E-state index contributed by atoms with van der Waals surface area (Å²) in [6.45, 7) is 1.79. The van der Waals surface area contributed by atoms with E-state index in [9.17, 15) is 18.8 Å². The topological polar surface area (TPSA) is 137 Å². The predicted octanol–water partition coefficient (Wildman–Crippen LogP) is 3.93. The van der Waals surface area contributed by atoms with Gasteiger partial charge >= 0.3 is 5.97 Å². The first-order valence-electron chi connectivity index (χ1n) is 13.0. The molecule has 2 aliphatic rings. The number of hydrogen-bond acceptors (Lipinski definition) is 7. The van der Waals surface area contributed by atoms with Crippen molar-refractivity contribution in [1.82, 2.24) is 4.90 Å². The minimum absolute atomic E-state index is 0.0594. The fourth-order valence-electron chi connectivity index (χ4n) is 4.98. The number of aliphatic carboxylic acids is 1. The zero-order valence-corrected chi connectivity index (χ0v) is 22.8. The highest BCUT2D eigenvalue weighted by Gasteiger charge is 2.37. The van der Waals surface area contributed by atoms with Crippen molar-refractivity contribution in [1.29, 1.82) is 5.26 Å². The number of thioether (sulfide) groups is 1. The van der Waals surface area contributed by atoms with Crippen LogP contribution in [-0.4, -0.2) is 52.2 Å². The van der Waals surface area contributed by atoms with Crippen LogP contribution in [0.25, 0.3) is 0 Å². The molecule has 1 atom stereocenters. The molecule has 2 heterocycles. The number of halogens is 1. The number of rotatable bonds is 11. The molecule has 1 saturated heterocycles. The summed E-state index contributed by atoms with van der Waals surface area (Å²) in [5.41, 5.74) is 8.28. The van der Waals surface area contributed by atoms with E-state index in [0.29, 0.717) is 46.5 Å². The molecule has 3 aromatic carbocycles. The number of ether oxygens (including phenoxy) is 1. The van der Waals surface area contributed by atoms with Crippen molar-refractivity contribution < 1.29 is 28.6 Å². The molecule has 0 saturated carbocycles. The van der Waals surface area contributed by atoms with Crippen LogP contribution in [0.4, 0.5) is 10.1 Å². The number of nitriles is 1. The first kappa shape index (κ1) is 28.0. The van der Waals surface area contributed by atoms with Gasteiger partial charge in [-0.1, -0.05) is 18.2 Å². The molecular formula is C30H27FN4O5S. The van der Waals surface area contributed by atoms with Crippen molar-refractivity contribution in [3.63, 3.8) is 0 Å². The van der Waals surface area contributed by atoms with Gasteiger partial charge in [0.15, 0.2) is 0 Å². The SMILES string of the molecule is N#Cc1ccc(N2CC(Sc3ccc(COc4cccc5c4CN(C(CCC(=O)O)C(N)=O)C5=O)cc3)C2)c(F)c1. The fraction of sp³-hybridized carbons (Fsp3) is 0.267. The van der Waals surface area contributed by atoms with Crippen molar-refractivity contribution in [2.45, 2.75) is 42.2 Å². The standard InChI is InChI=1S/C30H27FN4O5S/c31-24-12-19(13-32)6-9-25(24)34-14-21(15-34)41-20-7-4-18(5-8-20)17-40-27-3-1-2-22-23(27)16-35(30(22)39)26(29(33)38)10-11-28(36)37/h1-9,12,21,26H,10-11,14-17H2,(H2,33,38)(H,36,37). The van der Waals surface area contributed by atoms with Gasteiger partial charge in [-0.15, -0.1) is 11.8 Å². The summed E-state index contributed by atoms with van der Waals surface area (Å²) in [6, 6.07) is 18.5. The molecule has 3 N–H and O–H groups in total. The largest absolute Gasteiger partial charge is 0.489 e. The minimum Gasteiger partial charge on any atom is -0.489 e. The molecule has 2 aliphatic heterocycles. The summed E-state index contributed by atoms with van der Waals surface area (Å²) < 4.78 is 20.3. The number of carboxylic acids is 1. The second-order valence-electron chi connectivity index (χ2n) is 9.92. The summed E-state index contributed by atoms with van der Waals surface area (Å²) in [4.78, 5) is 40.3. The number of anilines is 1. The Morgan fingerprint density at radius 3 is 2.59 bits per heavy atom. The summed E-state index contributed by atoms with van der Waals surface area (Å²) in [5.74, 6) is -2.06. The molecule has 0 aromatic heterocycles. The number of carboxylic acid groups (broad SMARTS) is 1. The number of carbonyl (C=O) groups is 3. The van der Waals surface area contributed by atoms with Crippen molar-refractivity contribution in [3.8, 4) is 11.8 Å². The Balaban J connectivity index is 1.16. The third kappa shape index (κ3) is 6.12. The molecule has 0 aliphatic carbocycles. The van der Waals surface area contributed by atoms with E-state index in [-0.39, 0.29) is 37.7 Å². The second-order valence-corrected chi connectivity index (χ2v) is 11.3. The normalized spacial score (nSPS) is 15.2. The molecule has 41 heavy (non-hydrogen) atoms. The Morgan fingerprint density at radius 2 is 1.93 bits per heavy atom. The van der Waals surface area contributed by atoms with E-state index in [1.54, 1.807) is 42.1 Å². The summed E-state index contributed by atoms with van der Waals surface area (Å²) in [5, 5.41) is 18.2. The van der Waals surface area contributed by atoms with E-state index in [1.807, 2.05) is 35.2 Å². The molecule has 11 heteroatoms. The summed E-state index contributed by atoms with van der Waals surface area (Å²) in [7, 11) is 0. The number of nitrogens with zero attached hydrogens (tertiary/aromatic N) is 3. The number of primary amides is 1. The molecule has 210 valence electrons. The smallest absolute Gasteiger partial charge is 0.303 e. The van der Waals surface area contributed by atoms with Crippen LogP contribution in [0.5, 0.6) is 5.75 Å². The van der Waals surface area contributed by atoms with Gasteiger partial charge in [-0.3, -0.25) is 14.4 Å². The Bertz CT molecular complexity index is 1530. The van der Waals surface area contributed by atoms with Crippen molar-refractivity contribution in [2.24, 2.45) is 5.73 Å². The highest BCUT2D eigenvalue weighted by molar-refractivity contribution is 8.00. The summed E-state index contributed by atoms with van der Waals surface area (Å²) >= 11 is 1.72. The van der Waals surface area contributed by atoms with E-state index in [2.05, 4.69) is 0 Å². The molecule has 0 radical (unpaired) electrons. The van der Waals surface area contributed by atoms with Crippen LogP contribution in [0.3, 0.4) is 0 Å². The van der Waals surface area contributed by atoms with E-state index in [0.717, 1.165) is 10.5 Å². The zero-order valence-electron chi connectivity index (χ0n) is 22.0. The monoisotopic (exact) mass is 574 g/mol. The fourth-order valence-corrected chi connectivity index (χ4v) is 6.17. The van der Waals surface area contributed by atoms with Gasteiger partial charge in [-0.25, -0.2) is 4.39 Å². The molecular weight excluding hydrogens is 547 g/mol. The first-order valence-corrected chi connectivity index (χ1v) is 13.9. The lowest BCUT2D eigenvalue weighted by Gasteiger charge is -2.40. The van der Waals surface area contributed by atoms with E-state index < -0.39 is 17.9 Å². The van der Waals surface area contributed by atoms with Gasteiger partial charge in [-0.2, -0.15) is 5.26 Å². The molecule has 2 amide bonds. The number of hydrogen-bond donors (Lipinski definition) is 2. The maximum absolute atomic E-state index is 14.3. The lowest BCUT2D eigenvalue weighted by atomic mass is 10.1. The van der Waals surface area contributed by atoms with Crippen LogP contribution in [0.15, 0.2) is 65.6 Å². The summed E-state index contributed by atoms with van der Waals surface area (Å²) in [6.07, 6.45) is -0.337. The van der Waals surface area contributed by atoms with Crippen molar-refractivity contribution in [3.05, 3.63) is 88.7 Å². The minimum atomic E-state index is -1.07. The number of benzene rings is 3. The highest BCUT2D eigenvalue weighted by atomic mass is 32.2. The maximum Gasteiger partial charge on any atom is 0.303 e. The van der Waals surface area contributed by atoms with Crippen LogP contribution in [0.2, 0.25) is 0 Å². The van der Waals surface area contributed by atoms with Gasteiger partial charge in [0.05, 0.1) is 23.9 Å². The van der Waals surface area contributed by atoms with Gasteiger partial charge in [0.1, 0.15) is 24.2 Å². The molecule has 1 fully saturated rings. The van der Waals surface area contributed by atoms with Crippen molar-refractivity contribution >= 4 is 35.2 Å². The van der Waals surface area contributed by atoms with Gasteiger partial charge in [0.2, 0.25) is 5.91 Å². The Morgan fingerprint density at radius 1 is 1.17 bits per heavy atom. The molecule has 0 bridgehead atoms. The van der Waals surface area contributed by atoms with Crippen LogP contribution < -0.4 is 15.4 Å². The quantitative estimate of drug-likeness (QED) is 0.352. The molecule has 1 unspecified atom stereocenters. The van der Waals surface area contributed by atoms with E-state index >= 15 is 0 Å². The second kappa shape index (κ2) is 11.9. The average Bonchev–Trinajstić information content (AvgIpc) is 3.26. The first-order chi connectivity index (χ1) is 19.7. The van der Waals surface area contributed by atoms with E-state index in [1.165, 1.54) is 11.0 Å². The zero-order chi connectivity index (χ0) is 29.1. The lowest BCUT2D eigenvalue weighted by Crippen LogP contribution is -2.49. The van der Waals surface area contributed by atoms with Gasteiger partial charge in [0, 0.05) is 40.8 Å². The third-order valence-corrected chi connectivity index (χ3v) is 8.35. The van der Waals surface area contributed by atoms with Gasteiger partial charge in [-0.05, 0) is 54.4 Å². The van der Waals surface area contributed by atoms with Gasteiger partial charge < -0.3 is 25.4 Å². The van der Waals surface area contributed by atoms with Gasteiger partial charge in [0.25, 0.3) is 5.91 Å². The third-order valence-electron chi connectivity index (χ3n) is 7.18. The lowest BCUT2D eigenvalue weighted by molar-refractivity contribution is -0.137. The Kier molecular flexibility index (Phi) is 8.12. The number of carbonyl (C=O) groups excluding carboxylic acids is 2. The number of nitrogens with two attached hydrogens (primary N) is 1. The van der Waals surface area contributed by atoms with E-state index in [4.69, 9.17) is 20.8 Å². The molecule has 3 aromatic rings. The Hall–Kier alpha value is -4.56. The maximum atomic E-state index is 14.3. The number of fused-ring (bicyclic) bond motifs is 1. The molecule has 9 nitrogen and oxygen atoms in total. The van der Waals surface area contributed by atoms with Crippen molar-refractivity contribution in [2.75, 3.05) is 18.0 Å².